The first kappa shape index (κ1) is 22.7. The minimum atomic E-state index is -3.78. The molecule has 1 unspecified atom stereocenters. The summed E-state index contributed by atoms with van der Waals surface area (Å²) in [5.41, 5.74) is 1.19. The number of carbonyl (C=O) groups excluding carboxylic acids is 1. The average Bonchev–Trinajstić information content (AvgIpc) is 3.12. The number of rotatable bonds is 5. The highest BCUT2D eigenvalue weighted by atomic mass is 32.2. The maximum atomic E-state index is 13.4. The van der Waals surface area contributed by atoms with E-state index in [0.29, 0.717) is 25.2 Å². The van der Waals surface area contributed by atoms with Crippen molar-refractivity contribution in [2.75, 3.05) is 26.7 Å². The quantitative estimate of drug-likeness (QED) is 0.664. The molecule has 2 fully saturated rings. The van der Waals surface area contributed by atoms with Gasteiger partial charge in [-0.3, -0.25) is 4.79 Å². The number of hydrogen-bond acceptors (Lipinski definition) is 4. The molecule has 2 heterocycles. The minimum absolute atomic E-state index is 0.0327. The lowest BCUT2D eigenvalue weighted by molar-refractivity contribution is 0.0735. The lowest BCUT2D eigenvalue weighted by Gasteiger charge is -2.26. The summed E-state index contributed by atoms with van der Waals surface area (Å²) in [6.07, 6.45) is 5.30. The van der Waals surface area contributed by atoms with Crippen LogP contribution in [0.2, 0.25) is 0 Å². The molecule has 0 aromatic heterocycles. The highest BCUT2D eigenvalue weighted by Crippen LogP contribution is 2.35. The molecular formula is C24H29FN2O4S. The Kier molecular flexibility index (Phi) is 6.81. The first-order valence-electron chi connectivity index (χ1n) is 11.2. The molecule has 0 radical (unpaired) electrons. The molecule has 8 heteroatoms. The molecule has 172 valence electrons. The molecule has 2 aliphatic heterocycles. The van der Waals surface area contributed by atoms with E-state index in [2.05, 4.69) is 0 Å². The largest absolute Gasteiger partial charge is 0.495 e. The van der Waals surface area contributed by atoms with Crippen molar-refractivity contribution in [2.45, 2.75) is 49.5 Å². The van der Waals surface area contributed by atoms with E-state index in [0.717, 1.165) is 44.1 Å². The lowest BCUT2D eigenvalue weighted by atomic mass is 10.0. The van der Waals surface area contributed by atoms with Crippen LogP contribution in [0.3, 0.4) is 0 Å². The van der Waals surface area contributed by atoms with E-state index < -0.39 is 10.0 Å². The van der Waals surface area contributed by atoms with Crippen molar-refractivity contribution in [3.63, 3.8) is 0 Å². The van der Waals surface area contributed by atoms with E-state index in [1.807, 2.05) is 0 Å². The number of halogens is 1. The van der Waals surface area contributed by atoms with E-state index in [9.17, 15) is 17.6 Å². The van der Waals surface area contributed by atoms with Gasteiger partial charge in [0.15, 0.2) is 0 Å². The molecule has 0 saturated carbocycles. The maximum absolute atomic E-state index is 13.4. The number of likely N-dealkylation sites (tertiary alicyclic amines) is 1. The van der Waals surface area contributed by atoms with Crippen LogP contribution in [0.25, 0.3) is 0 Å². The third-order valence-electron chi connectivity index (χ3n) is 6.36. The van der Waals surface area contributed by atoms with Crippen LogP contribution in [0.1, 0.15) is 60.5 Å². The average molecular weight is 461 g/mol. The Balaban J connectivity index is 1.65. The molecule has 1 amide bonds. The van der Waals surface area contributed by atoms with Crippen LogP contribution in [0.15, 0.2) is 47.4 Å². The summed E-state index contributed by atoms with van der Waals surface area (Å²) >= 11 is 0. The predicted molar refractivity (Wildman–Crippen MR) is 120 cm³/mol. The summed E-state index contributed by atoms with van der Waals surface area (Å²) in [6, 6.07) is 10.7. The Hall–Kier alpha value is -2.45. The Labute approximate surface area is 189 Å². The highest BCUT2D eigenvalue weighted by Gasteiger charge is 2.33. The zero-order chi connectivity index (χ0) is 22.7. The first-order chi connectivity index (χ1) is 15.4. The third kappa shape index (κ3) is 4.52. The molecule has 2 saturated heterocycles. The van der Waals surface area contributed by atoms with Gasteiger partial charge in [-0.15, -0.1) is 0 Å². The smallest absolute Gasteiger partial charge is 0.254 e. The highest BCUT2D eigenvalue weighted by molar-refractivity contribution is 7.89. The van der Waals surface area contributed by atoms with Gasteiger partial charge in [0.25, 0.3) is 5.91 Å². The zero-order valence-electron chi connectivity index (χ0n) is 18.3. The van der Waals surface area contributed by atoms with Crippen molar-refractivity contribution in [3.05, 3.63) is 59.4 Å². The molecule has 0 N–H and O–H groups in total. The third-order valence-corrected chi connectivity index (χ3v) is 8.28. The molecule has 6 nitrogen and oxygen atoms in total. The molecule has 2 aliphatic rings. The second-order valence-corrected chi connectivity index (χ2v) is 10.3. The van der Waals surface area contributed by atoms with Crippen molar-refractivity contribution in [2.24, 2.45) is 0 Å². The van der Waals surface area contributed by atoms with E-state index >= 15 is 0 Å². The molecule has 32 heavy (non-hydrogen) atoms. The number of carbonyl (C=O) groups is 1. The second kappa shape index (κ2) is 9.58. The summed E-state index contributed by atoms with van der Waals surface area (Å²) in [5, 5.41) is 0. The summed E-state index contributed by atoms with van der Waals surface area (Å²) < 4.78 is 47.0. The molecule has 0 bridgehead atoms. The van der Waals surface area contributed by atoms with Crippen LogP contribution in [-0.2, 0) is 10.0 Å². The van der Waals surface area contributed by atoms with Crippen molar-refractivity contribution in [3.8, 4) is 5.75 Å². The van der Waals surface area contributed by atoms with Crippen LogP contribution in [0, 0.1) is 5.82 Å². The maximum Gasteiger partial charge on any atom is 0.254 e. The van der Waals surface area contributed by atoms with E-state index in [1.54, 1.807) is 29.2 Å². The standard InChI is InChI=1S/C24H29FN2O4S/c1-31-22-13-10-19(17-23(22)32(29,30)26-14-4-2-3-5-15-26)24(28)27-16-6-7-21(27)18-8-11-20(25)12-9-18/h8-13,17,21H,2-7,14-16H2,1H3. The molecule has 0 spiro atoms. The second-order valence-electron chi connectivity index (χ2n) is 8.39. The molecule has 4 rings (SSSR count). The van der Waals surface area contributed by atoms with Gasteiger partial charge < -0.3 is 9.64 Å². The molecule has 2 aromatic carbocycles. The van der Waals surface area contributed by atoms with Gasteiger partial charge in [0.2, 0.25) is 10.0 Å². The Morgan fingerprint density at radius 2 is 1.66 bits per heavy atom. The first-order valence-corrected chi connectivity index (χ1v) is 12.6. The fourth-order valence-electron chi connectivity index (χ4n) is 4.64. The van der Waals surface area contributed by atoms with E-state index in [-0.39, 0.29) is 28.4 Å². The lowest BCUT2D eigenvalue weighted by Crippen LogP contribution is -2.33. The van der Waals surface area contributed by atoms with Gasteiger partial charge in [-0.25, -0.2) is 12.8 Å². The molecule has 1 atom stereocenters. The molecular weight excluding hydrogens is 431 g/mol. The van der Waals surface area contributed by atoms with Gasteiger partial charge in [-0.2, -0.15) is 4.31 Å². The summed E-state index contributed by atoms with van der Waals surface area (Å²) in [6.45, 7) is 1.52. The van der Waals surface area contributed by atoms with Crippen LogP contribution in [0.4, 0.5) is 4.39 Å². The van der Waals surface area contributed by atoms with Crippen LogP contribution in [0.5, 0.6) is 5.75 Å². The monoisotopic (exact) mass is 460 g/mol. The normalized spacial score (nSPS) is 20.2. The number of ether oxygens (including phenoxy) is 1. The summed E-state index contributed by atoms with van der Waals surface area (Å²) in [7, 11) is -2.35. The van der Waals surface area contributed by atoms with Gasteiger partial charge in [0.1, 0.15) is 16.5 Å². The SMILES string of the molecule is COc1ccc(C(=O)N2CCCC2c2ccc(F)cc2)cc1S(=O)(=O)N1CCCCCC1. The minimum Gasteiger partial charge on any atom is -0.495 e. The van der Waals surface area contributed by atoms with Gasteiger partial charge in [0, 0.05) is 25.2 Å². The van der Waals surface area contributed by atoms with Gasteiger partial charge in [0.05, 0.1) is 13.2 Å². The summed E-state index contributed by atoms with van der Waals surface area (Å²) in [5.74, 6) is -0.308. The fourth-order valence-corrected chi connectivity index (χ4v) is 6.34. The number of benzene rings is 2. The number of nitrogens with zero attached hydrogens (tertiary/aromatic N) is 2. The van der Waals surface area contributed by atoms with Crippen LogP contribution in [-0.4, -0.2) is 50.3 Å². The van der Waals surface area contributed by atoms with Gasteiger partial charge in [-0.05, 0) is 61.6 Å². The van der Waals surface area contributed by atoms with Crippen LogP contribution >= 0.6 is 0 Å². The van der Waals surface area contributed by atoms with Gasteiger partial charge in [-0.1, -0.05) is 25.0 Å². The predicted octanol–water partition coefficient (Wildman–Crippen LogP) is 4.38. The molecule has 0 aliphatic carbocycles. The number of methoxy groups -OCH3 is 1. The number of amides is 1. The van der Waals surface area contributed by atoms with Crippen molar-refractivity contribution >= 4 is 15.9 Å². The van der Waals surface area contributed by atoms with E-state index in [4.69, 9.17) is 4.74 Å². The van der Waals surface area contributed by atoms with Gasteiger partial charge >= 0.3 is 0 Å². The van der Waals surface area contributed by atoms with Crippen molar-refractivity contribution < 1.29 is 22.3 Å². The van der Waals surface area contributed by atoms with E-state index in [1.165, 1.54) is 29.6 Å². The van der Waals surface area contributed by atoms with Crippen molar-refractivity contribution in [1.29, 1.82) is 0 Å². The Bertz CT molecular complexity index is 1060. The summed E-state index contributed by atoms with van der Waals surface area (Å²) in [4.78, 5) is 15.2. The van der Waals surface area contributed by atoms with Crippen molar-refractivity contribution in [1.82, 2.24) is 9.21 Å². The Morgan fingerprint density at radius 1 is 0.969 bits per heavy atom. The number of sulfonamides is 1. The fraction of sp³-hybridized carbons (Fsp3) is 0.458. The Morgan fingerprint density at radius 3 is 2.31 bits per heavy atom. The number of hydrogen-bond donors (Lipinski definition) is 0. The zero-order valence-corrected chi connectivity index (χ0v) is 19.1. The van der Waals surface area contributed by atoms with Crippen LogP contribution < -0.4 is 4.74 Å². The topological polar surface area (TPSA) is 66.9 Å². The molecule has 2 aromatic rings.